The summed E-state index contributed by atoms with van der Waals surface area (Å²) in [5.41, 5.74) is -0.713. The van der Waals surface area contributed by atoms with E-state index in [0.29, 0.717) is 13.1 Å². The number of hydrogen-bond donors (Lipinski definition) is 0. The Kier molecular flexibility index (Phi) is 4.98. The molecule has 0 radical (unpaired) electrons. The average Bonchev–Trinajstić information content (AvgIpc) is 3.24. The Bertz CT molecular complexity index is 1010. The van der Waals surface area contributed by atoms with E-state index >= 15 is 0 Å². The summed E-state index contributed by atoms with van der Waals surface area (Å²) in [7, 11) is -2.29. The predicted octanol–water partition coefficient (Wildman–Crippen LogP) is 2.08. The number of carbonyl (C=O) groups excluding carboxylic acids is 1. The molecule has 0 spiro atoms. The van der Waals surface area contributed by atoms with Gasteiger partial charge in [0.25, 0.3) is 0 Å². The molecule has 27 heavy (non-hydrogen) atoms. The fourth-order valence-corrected chi connectivity index (χ4v) is 4.42. The molecule has 1 aromatic carbocycles. The number of benzene rings is 1. The summed E-state index contributed by atoms with van der Waals surface area (Å²) in [4.78, 5) is 22.5. The highest BCUT2D eigenvalue weighted by Gasteiger charge is 2.30. The van der Waals surface area contributed by atoms with Gasteiger partial charge in [-0.2, -0.15) is 4.31 Å². The quantitative estimate of drug-likeness (QED) is 0.330. The third kappa shape index (κ3) is 3.69. The Balaban J connectivity index is 1.90. The summed E-state index contributed by atoms with van der Waals surface area (Å²) in [5, 5.41) is 11.0. The Morgan fingerprint density at radius 2 is 1.93 bits per heavy atom. The van der Waals surface area contributed by atoms with Crippen LogP contribution in [0.4, 0.5) is 10.1 Å². The number of halogens is 1. The molecule has 2 heterocycles. The summed E-state index contributed by atoms with van der Waals surface area (Å²) in [5.74, 6) is -2.41. The number of carbonyl (C=O) groups is 1. The Morgan fingerprint density at radius 1 is 1.26 bits per heavy atom. The van der Waals surface area contributed by atoms with Crippen LogP contribution in [0.25, 0.3) is 0 Å². The lowest BCUT2D eigenvalue weighted by Gasteiger charge is -2.13. The van der Waals surface area contributed by atoms with Crippen molar-refractivity contribution in [3.63, 3.8) is 0 Å². The molecule has 1 aliphatic heterocycles. The van der Waals surface area contributed by atoms with Crippen LogP contribution in [0.3, 0.4) is 0 Å². The molecule has 0 unspecified atom stereocenters. The number of aromatic nitrogens is 1. The zero-order valence-electron chi connectivity index (χ0n) is 14.3. The monoisotopic (exact) mass is 397 g/mol. The number of aryl methyl sites for hydroxylation is 1. The first-order valence-corrected chi connectivity index (χ1v) is 9.47. The van der Waals surface area contributed by atoms with E-state index in [-0.39, 0.29) is 10.6 Å². The Labute approximate surface area is 154 Å². The smallest absolute Gasteiger partial charge is 0.360 e. The third-order valence-corrected chi connectivity index (χ3v) is 6.08. The van der Waals surface area contributed by atoms with E-state index in [4.69, 9.17) is 4.74 Å². The van der Waals surface area contributed by atoms with Gasteiger partial charge >= 0.3 is 11.7 Å². The van der Waals surface area contributed by atoms with Crippen molar-refractivity contribution in [2.75, 3.05) is 13.1 Å². The maximum Gasteiger partial charge on any atom is 0.360 e. The van der Waals surface area contributed by atoms with Gasteiger partial charge in [-0.3, -0.25) is 10.1 Å². The summed E-state index contributed by atoms with van der Waals surface area (Å²) in [6.45, 7) is 0.818. The number of esters is 1. The fourth-order valence-electron chi connectivity index (χ4n) is 2.83. The normalized spacial score (nSPS) is 15.0. The van der Waals surface area contributed by atoms with Gasteiger partial charge in [-0.1, -0.05) is 0 Å². The van der Waals surface area contributed by atoms with Crippen molar-refractivity contribution in [2.45, 2.75) is 17.7 Å². The van der Waals surface area contributed by atoms with E-state index in [0.717, 1.165) is 37.1 Å². The lowest BCUT2D eigenvalue weighted by Crippen LogP contribution is -2.27. The first-order chi connectivity index (χ1) is 12.7. The van der Waals surface area contributed by atoms with Crippen molar-refractivity contribution in [1.82, 2.24) is 8.87 Å². The molecule has 3 rings (SSSR count). The zero-order chi connectivity index (χ0) is 19.8. The van der Waals surface area contributed by atoms with Gasteiger partial charge < -0.3 is 9.30 Å². The van der Waals surface area contributed by atoms with Gasteiger partial charge in [-0.05, 0) is 25.0 Å². The topological polar surface area (TPSA) is 112 Å². The minimum absolute atomic E-state index is 0.0763. The molecule has 0 aliphatic carbocycles. The minimum atomic E-state index is -3.74. The van der Waals surface area contributed by atoms with Crippen molar-refractivity contribution in [3.8, 4) is 5.75 Å². The van der Waals surface area contributed by atoms with Crippen LogP contribution < -0.4 is 4.74 Å². The highest BCUT2D eigenvalue weighted by atomic mass is 32.2. The molecule has 0 atom stereocenters. The van der Waals surface area contributed by atoms with E-state index in [1.165, 1.54) is 22.1 Å². The number of ether oxygens (including phenoxy) is 1. The highest BCUT2D eigenvalue weighted by molar-refractivity contribution is 7.89. The van der Waals surface area contributed by atoms with Gasteiger partial charge in [-0.25, -0.2) is 17.6 Å². The van der Waals surface area contributed by atoms with Gasteiger partial charge in [0.1, 0.15) is 16.4 Å². The Morgan fingerprint density at radius 3 is 2.56 bits per heavy atom. The molecular formula is C16H16FN3O6S. The predicted molar refractivity (Wildman–Crippen MR) is 91.4 cm³/mol. The fraction of sp³-hybridized carbons (Fsp3) is 0.312. The molecule has 2 aromatic rings. The number of nitrogens with zero attached hydrogens (tertiary/aromatic N) is 3. The molecule has 0 bridgehead atoms. The van der Waals surface area contributed by atoms with Crippen molar-refractivity contribution < 1.29 is 27.3 Å². The number of nitro groups is 1. The Hall–Kier alpha value is -2.79. The van der Waals surface area contributed by atoms with E-state index in [2.05, 4.69) is 0 Å². The van der Waals surface area contributed by atoms with Crippen LogP contribution in [0.15, 0.2) is 35.4 Å². The van der Waals surface area contributed by atoms with Crippen LogP contribution in [0.5, 0.6) is 5.75 Å². The molecule has 1 aromatic heterocycles. The summed E-state index contributed by atoms with van der Waals surface area (Å²) in [6.07, 6.45) is 2.80. The first-order valence-electron chi connectivity index (χ1n) is 8.03. The lowest BCUT2D eigenvalue weighted by molar-refractivity contribution is -0.385. The van der Waals surface area contributed by atoms with Crippen molar-refractivity contribution in [1.29, 1.82) is 0 Å². The average molecular weight is 397 g/mol. The number of nitro benzene ring substituents is 1. The molecule has 144 valence electrons. The molecule has 0 saturated carbocycles. The SMILES string of the molecule is Cn1cc(S(=O)(=O)N2CCCC2)cc1C(=O)Oc1cc(F)ccc1[N+](=O)[O-]. The van der Waals surface area contributed by atoms with Crippen LogP contribution in [0, 0.1) is 15.9 Å². The number of rotatable bonds is 5. The number of sulfonamides is 1. The van der Waals surface area contributed by atoms with Crippen LogP contribution >= 0.6 is 0 Å². The van der Waals surface area contributed by atoms with E-state index < -0.39 is 38.2 Å². The minimum Gasteiger partial charge on any atom is -0.414 e. The second-order valence-corrected chi connectivity index (χ2v) is 7.98. The van der Waals surface area contributed by atoms with Gasteiger partial charge in [0, 0.05) is 38.5 Å². The van der Waals surface area contributed by atoms with Gasteiger partial charge in [-0.15, -0.1) is 0 Å². The summed E-state index contributed by atoms with van der Waals surface area (Å²) in [6, 6.07) is 3.62. The molecule has 9 nitrogen and oxygen atoms in total. The summed E-state index contributed by atoms with van der Waals surface area (Å²) >= 11 is 0. The zero-order valence-corrected chi connectivity index (χ0v) is 15.1. The second-order valence-electron chi connectivity index (χ2n) is 6.04. The van der Waals surface area contributed by atoms with Crippen LogP contribution in [0.2, 0.25) is 0 Å². The van der Waals surface area contributed by atoms with Crippen LogP contribution in [-0.2, 0) is 17.1 Å². The van der Waals surface area contributed by atoms with E-state index in [1.807, 2.05) is 0 Å². The molecule has 1 fully saturated rings. The lowest BCUT2D eigenvalue weighted by atomic mass is 10.3. The van der Waals surface area contributed by atoms with Crippen LogP contribution in [-0.4, -0.2) is 41.3 Å². The van der Waals surface area contributed by atoms with Gasteiger partial charge in [0.15, 0.2) is 0 Å². The van der Waals surface area contributed by atoms with Gasteiger partial charge in [0.05, 0.1) is 4.92 Å². The van der Waals surface area contributed by atoms with Crippen molar-refractivity contribution in [2.24, 2.45) is 7.05 Å². The van der Waals surface area contributed by atoms with Crippen molar-refractivity contribution >= 4 is 21.7 Å². The standard InChI is InChI=1S/C16H16FN3O6S/c1-18-10-12(27(24,25)19-6-2-3-7-19)9-14(18)16(21)26-15-8-11(17)4-5-13(15)20(22)23/h4-5,8-10H,2-3,6-7H2,1H3. The molecular weight excluding hydrogens is 381 g/mol. The van der Waals surface area contributed by atoms with Crippen molar-refractivity contribution in [3.05, 3.63) is 52.1 Å². The third-order valence-electron chi connectivity index (χ3n) is 4.21. The highest BCUT2D eigenvalue weighted by Crippen LogP contribution is 2.29. The van der Waals surface area contributed by atoms with Crippen LogP contribution in [0.1, 0.15) is 23.3 Å². The molecule has 1 aliphatic rings. The first kappa shape index (κ1) is 19.0. The largest absolute Gasteiger partial charge is 0.414 e. The van der Waals surface area contributed by atoms with Gasteiger partial charge in [0.2, 0.25) is 15.8 Å². The summed E-state index contributed by atoms with van der Waals surface area (Å²) < 4.78 is 46.1. The second kappa shape index (κ2) is 7.08. The van der Waals surface area contributed by atoms with E-state index in [1.54, 1.807) is 0 Å². The number of hydrogen-bond acceptors (Lipinski definition) is 6. The molecule has 11 heteroatoms. The maximum absolute atomic E-state index is 13.4. The van der Waals surface area contributed by atoms with E-state index in [9.17, 15) is 27.7 Å². The molecule has 0 N–H and O–H groups in total. The maximum atomic E-state index is 13.4. The molecule has 1 saturated heterocycles. The molecule has 0 amide bonds.